The molecule has 0 amide bonds. The zero-order valence-corrected chi connectivity index (χ0v) is 11.2. The van der Waals surface area contributed by atoms with Crippen molar-refractivity contribution in [2.45, 2.75) is 12.5 Å². The largest absolute Gasteiger partial charge is 0.373 e. The first-order valence-corrected chi connectivity index (χ1v) is 6.92. The molecule has 2 heterocycles. The van der Waals surface area contributed by atoms with Gasteiger partial charge in [0.05, 0.1) is 4.92 Å². The van der Waals surface area contributed by atoms with Crippen LogP contribution in [0.2, 0.25) is 0 Å². The Bertz CT molecular complexity index is 449. The molecule has 0 aromatic carbocycles. The average Bonchev–Trinajstić information content (AvgIpc) is 2.90. The number of hydrogen-bond acceptors (Lipinski definition) is 6. The average molecular weight is 268 g/mol. The molecule has 18 heavy (non-hydrogen) atoms. The Morgan fingerprint density at radius 3 is 2.94 bits per heavy atom. The van der Waals surface area contributed by atoms with Gasteiger partial charge >= 0.3 is 5.69 Å². The molecule has 6 nitrogen and oxygen atoms in total. The van der Waals surface area contributed by atoms with Crippen molar-refractivity contribution in [1.82, 2.24) is 4.98 Å². The normalized spacial score (nSPS) is 18.7. The maximum atomic E-state index is 11.1. The highest BCUT2D eigenvalue weighted by atomic mass is 32.2. The topological polar surface area (TPSA) is 71.3 Å². The lowest BCUT2D eigenvalue weighted by Gasteiger charge is -2.24. The molecule has 1 aromatic rings. The Balaban J connectivity index is 2.35. The number of hydrogen-bond donors (Lipinski definition) is 1. The van der Waals surface area contributed by atoms with E-state index in [-0.39, 0.29) is 10.6 Å². The standard InChI is InChI=1S/C11H16N4O2S/c1-12-10-4-3-9(15(16)17)11(13-10)14(2)8-5-6-18-7-8/h3-4,8H,5-7H2,1-2H3,(H,12,13). The molecular formula is C11H16N4O2S. The van der Waals surface area contributed by atoms with Crippen molar-refractivity contribution in [2.24, 2.45) is 0 Å². The Kier molecular flexibility index (Phi) is 3.90. The monoisotopic (exact) mass is 268 g/mol. The molecule has 98 valence electrons. The third kappa shape index (κ3) is 2.50. The van der Waals surface area contributed by atoms with Crippen LogP contribution in [0.15, 0.2) is 12.1 Å². The van der Waals surface area contributed by atoms with E-state index in [1.165, 1.54) is 6.07 Å². The lowest BCUT2D eigenvalue weighted by molar-refractivity contribution is -0.384. The first kappa shape index (κ1) is 12.9. The summed E-state index contributed by atoms with van der Waals surface area (Å²) in [6.07, 6.45) is 1.05. The summed E-state index contributed by atoms with van der Waals surface area (Å²) in [4.78, 5) is 16.9. The minimum absolute atomic E-state index is 0.0633. The van der Waals surface area contributed by atoms with Crippen molar-refractivity contribution < 1.29 is 4.92 Å². The molecule has 1 atom stereocenters. The van der Waals surface area contributed by atoms with Gasteiger partial charge in [-0.1, -0.05) is 0 Å². The van der Waals surface area contributed by atoms with Gasteiger partial charge in [0.1, 0.15) is 5.82 Å². The number of pyridine rings is 1. The maximum Gasteiger partial charge on any atom is 0.311 e. The van der Waals surface area contributed by atoms with E-state index in [1.807, 2.05) is 23.7 Å². The second kappa shape index (κ2) is 5.43. The summed E-state index contributed by atoms with van der Waals surface area (Å²) in [5.74, 6) is 3.20. The lowest BCUT2D eigenvalue weighted by atomic mass is 10.2. The van der Waals surface area contributed by atoms with Crippen LogP contribution in [-0.4, -0.2) is 41.6 Å². The van der Waals surface area contributed by atoms with Crippen LogP contribution < -0.4 is 10.2 Å². The third-order valence-electron chi connectivity index (χ3n) is 3.09. The molecule has 0 radical (unpaired) electrons. The van der Waals surface area contributed by atoms with Crippen LogP contribution in [0, 0.1) is 10.1 Å². The summed E-state index contributed by atoms with van der Waals surface area (Å²) in [5.41, 5.74) is 0.0633. The molecule has 1 saturated heterocycles. The summed E-state index contributed by atoms with van der Waals surface area (Å²) >= 11 is 1.87. The molecule has 1 aliphatic rings. The second-order valence-electron chi connectivity index (χ2n) is 4.17. The van der Waals surface area contributed by atoms with E-state index in [2.05, 4.69) is 10.3 Å². The maximum absolute atomic E-state index is 11.1. The van der Waals surface area contributed by atoms with E-state index >= 15 is 0 Å². The predicted octanol–water partition coefficient (Wildman–Crippen LogP) is 1.97. The molecule has 1 aliphatic heterocycles. The summed E-state index contributed by atoms with van der Waals surface area (Å²) in [5, 5.41) is 14.0. The van der Waals surface area contributed by atoms with Gasteiger partial charge in [-0.2, -0.15) is 11.8 Å². The fourth-order valence-electron chi connectivity index (χ4n) is 1.98. The van der Waals surface area contributed by atoms with Gasteiger partial charge < -0.3 is 10.2 Å². The highest BCUT2D eigenvalue weighted by molar-refractivity contribution is 7.99. The highest BCUT2D eigenvalue weighted by Gasteiger charge is 2.27. The summed E-state index contributed by atoms with van der Waals surface area (Å²) in [6, 6.07) is 3.46. The fourth-order valence-corrected chi connectivity index (χ4v) is 3.25. The molecule has 1 aromatic heterocycles. The van der Waals surface area contributed by atoms with Crippen molar-refractivity contribution in [2.75, 3.05) is 35.8 Å². The van der Waals surface area contributed by atoms with Crippen molar-refractivity contribution >= 4 is 29.1 Å². The SMILES string of the molecule is CNc1ccc([N+](=O)[O-])c(N(C)C2CCSC2)n1. The molecular weight excluding hydrogens is 252 g/mol. The zero-order valence-electron chi connectivity index (χ0n) is 10.4. The van der Waals surface area contributed by atoms with Crippen molar-refractivity contribution in [3.63, 3.8) is 0 Å². The van der Waals surface area contributed by atoms with Crippen LogP contribution in [0.4, 0.5) is 17.3 Å². The molecule has 7 heteroatoms. The molecule has 1 unspecified atom stereocenters. The third-order valence-corrected chi connectivity index (χ3v) is 4.24. The van der Waals surface area contributed by atoms with Gasteiger partial charge in [0.25, 0.3) is 0 Å². The molecule has 0 bridgehead atoms. The summed E-state index contributed by atoms with van der Waals surface area (Å²) in [6.45, 7) is 0. The molecule has 0 saturated carbocycles. The number of nitrogens with zero attached hydrogens (tertiary/aromatic N) is 3. The van der Waals surface area contributed by atoms with Crippen LogP contribution in [0.1, 0.15) is 6.42 Å². The van der Waals surface area contributed by atoms with Crippen molar-refractivity contribution in [3.8, 4) is 0 Å². The van der Waals surface area contributed by atoms with Crippen LogP contribution >= 0.6 is 11.8 Å². The highest BCUT2D eigenvalue weighted by Crippen LogP contribution is 2.31. The quantitative estimate of drug-likeness (QED) is 0.665. The van der Waals surface area contributed by atoms with Crippen LogP contribution in [0.25, 0.3) is 0 Å². The number of nitro groups is 1. The van der Waals surface area contributed by atoms with Crippen LogP contribution in [-0.2, 0) is 0 Å². The van der Waals surface area contributed by atoms with Gasteiger partial charge in [0.2, 0.25) is 5.82 Å². The molecule has 0 aliphatic carbocycles. The van der Waals surface area contributed by atoms with Crippen molar-refractivity contribution in [1.29, 1.82) is 0 Å². The lowest BCUT2D eigenvalue weighted by Crippen LogP contribution is -2.32. The van der Waals surface area contributed by atoms with Gasteiger partial charge in [-0.05, 0) is 18.2 Å². The van der Waals surface area contributed by atoms with E-state index in [0.29, 0.717) is 17.7 Å². The second-order valence-corrected chi connectivity index (χ2v) is 5.32. The fraction of sp³-hybridized carbons (Fsp3) is 0.545. The van der Waals surface area contributed by atoms with Crippen molar-refractivity contribution in [3.05, 3.63) is 22.2 Å². The van der Waals surface area contributed by atoms with Gasteiger partial charge in [0.15, 0.2) is 0 Å². The van der Waals surface area contributed by atoms with E-state index in [1.54, 1.807) is 13.1 Å². The zero-order chi connectivity index (χ0) is 13.1. The smallest absolute Gasteiger partial charge is 0.311 e. The predicted molar refractivity (Wildman–Crippen MR) is 74.6 cm³/mol. The molecule has 2 rings (SSSR count). The van der Waals surface area contributed by atoms with E-state index in [4.69, 9.17) is 0 Å². The van der Waals surface area contributed by atoms with E-state index in [0.717, 1.165) is 17.9 Å². The number of anilines is 2. The van der Waals surface area contributed by atoms with Gasteiger partial charge in [-0.3, -0.25) is 10.1 Å². The van der Waals surface area contributed by atoms with Gasteiger partial charge in [0, 0.05) is 32.0 Å². The Morgan fingerprint density at radius 1 is 1.61 bits per heavy atom. The van der Waals surface area contributed by atoms with Crippen LogP contribution in [0.5, 0.6) is 0 Å². The Labute approximate surface area is 110 Å². The van der Waals surface area contributed by atoms with E-state index < -0.39 is 0 Å². The number of thioether (sulfide) groups is 1. The van der Waals surface area contributed by atoms with Gasteiger partial charge in [-0.15, -0.1) is 0 Å². The number of rotatable bonds is 4. The molecule has 1 N–H and O–H groups in total. The Hall–Kier alpha value is -1.50. The summed E-state index contributed by atoms with van der Waals surface area (Å²) in [7, 11) is 3.63. The van der Waals surface area contributed by atoms with Crippen LogP contribution in [0.3, 0.4) is 0 Å². The first-order chi connectivity index (χ1) is 8.63. The number of aromatic nitrogens is 1. The Morgan fingerprint density at radius 2 is 2.39 bits per heavy atom. The number of nitrogens with one attached hydrogen (secondary N) is 1. The minimum atomic E-state index is -0.375. The van der Waals surface area contributed by atoms with Gasteiger partial charge in [-0.25, -0.2) is 4.98 Å². The molecule has 1 fully saturated rings. The first-order valence-electron chi connectivity index (χ1n) is 5.77. The molecule has 0 spiro atoms. The minimum Gasteiger partial charge on any atom is -0.373 e. The van der Waals surface area contributed by atoms with E-state index in [9.17, 15) is 10.1 Å². The summed E-state index contributed by atoms with van der Waals surface area (Å²) < 4.78 is 0.